The van der Waals surface area contributed by atoms with Crippen molar-refractivity contribution < 1.29 is 4.74 Å². The van der Waals surface area contributed by atoms with E-state index in [-0.39, 0.29) is 12.1 Å². The zero-order chi connectivity index (χ0) is 10.1. The van der Waals surface area contributed by atoms with Gasteiger partial charge in [-0.2, -0.15) is 0 Å². The Morgan fingerprint density at radius 1 is 1.57 bits per heavy atom. The standard InChI is InChI=1S/C11H14BrNO/c1-7(13)10-6-5-8-3-2-4-9(12)11(8)14-10/h2-4,7,10H,5-6,13H2,1H3. The molecule has 0 spiro atoms. The molecule has 3 heteroatoms. The van der Waals surface area contributed by atoms with E-state index in [2.05, 4.69) is 22.0 Å². The Balaban J connectivity index is 2.29. The fraction of sp³-hybridized carbons (Fsp3) is 0.455. The molecule has 2 unspecified atom stereocenters. The first-order chi connectivity index (χ1) is 6.68. The molecule has 2 N–H and O–H groups in total. The third kappa shape index (κ3) is 1.79. The molecular formula is C11H14BrNO. The largest absolute Gasteiger partial charge is 0.487 e. The summed E-state index contributed by atoms with van der Waals surface area (Å²) < 4.78 is 6.88. The lowest BCUT2D eigenvalue weighted by Crippen LogP contribution is -2.38. The number of nitrogens with two attached hydrogens (primary N) is 1. The molecule has 0 aliphatic carbocycles. The fourth-order valence-electron chi connectivity index (χ4n) is 1.76. The Morgan fingerprint density at radius 2 is 2.36 bits per heavy atom. The highest BCUT2D eigenvalue weighted by Crippen LogP contribution is 2.35. The first-order valence-electron chi connectivity index (χ1n) is 4.88. The van der Waals surface area contributed by atoms with Crippen LogP contribution in [-0.4, -0.2) is 12.1 Å². The SMILES string of the molecule is CC(N)C1CCc2cccc(Br)c2O1. The van der Waals surface area contributed by atoms with Crippen LogP contribution in [-0.2, 0) is 6.42 Å². The number of halogens is 1. The lowest BCUT2D eigenvalue weighted by atomic mass is 9.99. The van der Waals surface area contributed by atoms with E-state index < -0.39 is 0 Å². The van der Waals surface area contributed by atoms with Crippen molar-refractivity contribution in [2.75, 3.05) is 0 Å². The van der Waals surface area contributed by atoms with E-state index in [0.717, 1.165) is 23.1 Å². The van der Waals surface area contributed by atoms with Crippen LogP contribution in [0.25, 0.3) is 0 Å². The average molecular weight is 256 g/mol. The molecule has 76 valence electrons. The highest BCUT2D eigenvalue weighted by atomic mass is 79.9. The van der Waals surface area contributed by atoms with Crippen molar-refractivity contribution >= 4 is 15.9 Å². The molecule has 0 radical (unpaired) electrons. The van der Waals surface area contributed by atoms with Crippen molar-refractivity contribution in [2.24, 2.45) is 5.73 Å². The minimum Gasteiger partial charge on any atom is -0.487 e. The van der Waals surface area contributed by atoms with Gasteiger partial charge >= 0.3 is 0 Å². The Labute approximate surface area is 92.6 Å². The van der Waals surface area contributed by atoms with E-state index in [1.54, 1.807) is 0 Å². The van der Waals surface area contributed by atoms with Crippen LogP contribution < -0.4 is 10.5 Å². The van der Waals surface area contributed by atoms with E-state index >= 15 is 0 Å². The summed E-state index contributed by atoms with van der Waals surface area (Å²) >= 11 is 3.49. The first kappa shape index (κ1) is 9.99. The Kier molecular flexibility index (Phi) is 2.79. The molecule has 1 aliphatic rings. The van der Waals surface area contributed by atoms with Crippen LogP contribution >= 0.6 is 15.9 Å². The number of hydrogen-bond acceptors (Lipinski definition) is 2. The molecule has 0 aromatic heterocycles. The zero-order valence-electron chi connectivity index (χ0n) is 8.16. The van der Waals surface area contributed by atoms with Gasteiger partial charge in [-0.3, -0.25) is 0 Å². The van der Waals surface area contributed by atoms with Crippen molar-refractivity contribution in [3.8, 4) is 5.75 Å². The fourth-order valence-corrected chi connectivity index (χ4v) is 2.26. The van der Waals surface area contributed by atoms with Gasteiger partial charge in [0, 0.05) is 6.04 Å². The lowest BCUT2D eigenvalue weighted by molar-refractivity contribution is 0.150. The van der Waals surface area contributed by atoms with Gasteiger partial charge in [-0.1, -0.05) is 12.1 Å². The maximum atomic E-state index is 5.85. The van der Waals surface area contributed by atoms with Crippen LogP contribution in [0, 0.1) is 0 Å². The minimum absolute atomic E-state index is 0.0928. The van der Waals surface area contributed by atoms with Gasteiger partial charge < -0.3 is 10.5 Å². The Hall–Kier alpha value is -0.540. The molecule has 1 aliphatic heterocycles. The summed E-state index contributed by atoms with van der Waals surface area (Å²) in [6, 6.07) is 6.24. The summed E-state index contributed by atoms with van der Waals surface area (Å²) in [5, 5.41) is 0. The van der Waals surface area contributed by atoms with Crippen LogP contribution in [0.3, 0.4) is 0 Å². The number of hydrogen-bond donors (Lipinski definition) is 1. The quantitative estimate of drug-likeness (QED) is 0.837. The minimum atomic E-state index is 0.0928. The van der Waals surface area contributed by atoms with Gasteiger partial charge in [0.05, 0.1) is 4.47 Å². The molecule has 1 aromatic rings. The zero-order valence-corrected chi connectivity index (χ0v) is 9.75. The number of ether oxygens (including phenoxy) is 1. The van der Waals surface area contributed by atoms with Crippen LogP contribution in [0.15, 0.2) is 22.7 Å². The molecule has 14 heavy (non-hydrogen) atoms. The van der Waals surface area contributed by atoms with Gasteiger partial charge in [-0.05, 0) is 47.3 Å². The van der Waals surface area contributed by atoms with Crippen molar-refractivity contribution in [1.29, 1.82) is 0 Å². The van der Waals surface area contributed by atoms with E-state index in [9.17, 15) is 0 Å². The Bertz CT molecular complexity index is 338. The summed E-state index contributed by atoms with van der Waals surface area (Å²) in [7, 11) is 0. The van der Waals surface area contributed by atoms with Crippen molar-refractivity contribution in [1.82, 2.24) is 0 Å². The van der Waals surface area contributed by atoms with Crippen molar-refractivity contribution in [2.45, 2.75) is 31.9 Å². The van der Waals surface area contributed by atoms with Crippen LogP contribution in [0.5, 0.6) is 5.75 Å². The number of para-hydroxylation sites is 1. The van der Waals surface area contributed by atoms with Gasteiger partial charge in [0.1, 0.15) is 11.9 Å². The smallest absolute Gasteiger partial charge is 0.137 e. The maximum absolute atomic E-state index is 5.85. The predicted octanol–water partition coefficient (Wildman–Crippen LogP) is 2.49. The second-order valence-electron chi connectivity index (χ2n) is 3.78. The van der Waals surface area contributed by atoms with Crippen molar-refractivity contribution in [3.63, 3.8) is 0 Å². The van der Waals surface area contributed by atoms with E-state index in [1.807, 2.05) is 19.1 Å². The molecule has 0 bridgehead atoms. The Morgan fingerprint density at radius 3 is 3.07 bits per heavy atom. The summed E-state index contributed by atoms with van der Waals surface area (Å²) in [5.74, 6) is 0.973. The number of benzene rings is 1. The highest BCUT2D eigenvalue weighted by molar-refractivity contribution is 9.10. The molecule has 1 aromatic carbocycles. The van der Waals surface area contributed by atoms with Crippen LogP contribution in [0.2, 0.25) is 0 Å². The van der Waals surface area contributed by atoms with E-state index in [1.165, 1.54) is 5.56 Å². The van der Waals surface area contributed by atoms with E-state index in [4.69, 9.17) is 10.5 Å². The third-order valence-electron chi connectivity index (χ3n) is 2.60. The number of rotatable bonds is 1. The van der Waals surface area contributed by atoms with Crippen LogP contribution in [0.1, 0.15) is 18.9 Å². The highest BCUT2D eigenvalue weighted by Gasteiger charge is 2.23. The van der Waals surface area contributed by atoms with E-state index in [0.29, 0.717) is 0 Å². The molecule has 0 saturated heterocycles. The summed E-state index contributed by atoms with van der Waals surface area (Å²) in [6.07, 6.45) is 2.23. The first-order valence-corrected chi connectivity index (χ1v) is 5.67. The second kappa shape index (κ2) is 3.91. The number of fused-ring (bicyclic) bond motifs is 1. The molecule has 1 heterocycles. The van der Waals surface area contributed by atoms with Gasteiger partial charge in [0.2, 0.25) is 0 Å². The van der Waals surface area contributed by atoms with Crippen LogP contribution in [0.4, 0.5) is 0 Å². The topological polar surface area (TPSA) is 35.2 Å². The van der Waals surface area contributed by atoms with Gasteiger partial charge in [-0.25, -0.2) is 0 Å². The molecular weight excluding hydrogens is 242 g/mol. The van der Waals surface area contributed by atoms with Gasteiger partial charge in [-0.15, -0.1) is 0 Å². The monoisotopic (exact) mass is 255 g/mol. The lowest BCUT2D eigenvalue weighted by Gasteiger charge is -2.29. The molecule has 2 nitrogen and oxygen atoms in total. The second-order valence-corrected chi connectivity index (χ2v) is 4.64. The summed E-state index contributed by atoms with van der Waals surface area (Å²) in [5.41, 5.74) is 7.11. The molecule has 2 rings (SSSR count). The normalized spacial score (nSPS) is 22.4. The summed E-state index contributed by atoms with van der Waals surface area (Å²) in [4.78, 5) is 0. The molecule has 0 saturated carbocycles. The average Bonchev–Trinajstić information content (AvgIpc) is 2.18. The van der Waals surface area contributed by atoms with Gasteiger partial charge in [0.25, 0.3) is 0 Å². The van der Waals surface area contributed by atoms with Crippen molar-refractivity contribution in [3.05, 3.63) is 28.2 Å². The molecule has 2 atom stereocenters. The van der Waals surface area contributed by atoms with Gasteiger partial charge in [0.15, 0.2) is 0 Å². The predicted molar refractivity (Wildman–Crippen MR) is 60.5 cm³/mol. The molecule has 0 fully saturated rings. The summed E-state index contributed by atoms with van der Waals surface area (Å²) in [6.45, 7) is 1.99. The molecule has 0 amide bonds. The number of aryl methyl sites for hydroxylation is 1. The third-order valence-corrected chi connectivity index (χ3v) is 3.23. The maximum Gasteiger partial charge on any atom is 0.137 e.